The second-order valence-electron chi connectivity index (χ2n) is 14.8. The molecule has 1 aliphatic carbocycles. The van der Waals surface area contributed by atoms with Crippen molar-refractivity contribution in [1.82, 2.24) is 0 Å². The molecule has 0 saturated heterocycles. The molecule has 11 rings (SSSR count). The highest BCUT2D eigenvalue weighted by Crippen LogP contribution is 2.62. The van der Waals surface area contributed by atoms with Gasteiger partial charge < -0.3 is 4.90 Å². The Kier molecular flexibility index (Phi) is 7.98. The molecule has 0 N–H and O–H groups in total. The van der Waals surface area contributed by atoms with E-state index in [1.165, 1.54) is 75.8 Å². The second kappa shape index (κ2) is 13.6. The van der Waals surface area contributed by atoms with Crippen LogP contribution in [0, 0.1) is 0 Å². The van der Waals surface area contributed by atoms with Gasteiger partial charge >= 0.3 is 0 Å². The molecule has 1 aromatic heterocycles. The molecule has 9 aromatic carbocycles. The zero-order chi connectivity index (χ0) is 37.8. The lowest BCUT2D eigenvalue weighted by molar-refractivity contribution is 0.778. The van der Waals surface area contributed by atoms with Gasteiger partial charge in [0.25, 0.3) is 0 Å². The van der Waals surface area contributed by atoms with E-state index in [-0.39, 0.29) is 0 Å². The van der Waals surface area contributed by atoms with Crippen molar-refractivity contribution < 1.29 is 0 Å². The molecule has 268 valence electrons. The predicted octanol–water partition coefficient (Wildman–Crippen LogP) is 15.2. The summed E-state index contributed by atoms with van der Waals surface area (Å²) in [5.41, 5.74) is 14.3. The Balaban J connectivity index is 1.09. The highest BCUT2D eigenvalue weighted by Gasteiger charge is 2.49. The van der Waals surface area contributed by atoms with Gasteiger partial charge in [-0.15, -0.1) is 11.3 Å². The molecule has 0 spiro atoms. The number of thiophene rings is 1. The third-order valence-electron chi connectivity index (χ3n) is 11.7. The average Bonchev–Trinajstić information content (AvgIpc) is 3.82. The smallest absolute Gasteiger partial charge is 0.0734 e. The summed E-state index contributed by atoms with van der Waals surface area (Å²) >= 11 is 1.92. The third kappa shape index (κ3) is 5.37. The first-order valence-corrected chi connectivity index (χ1v) is 20.4. The van der Waals surface area contributed by atoms with Crippen LogP contribution in [0.2, 0.25) is 0 Å². The Bertz CT molecular complexity index is 3000. The van der Waals surface area contributed by atoms with Gasteiger partial charge in [0.2, 0.25) is 0 Å². The van der Waals surface area contributed by atoms with Crippen LogP contribution < -0.4 is 4.90 Å². The molecular weight excluding hydrogens is 707 g/mol. The fourth-order valence-corrected chi connectivity index (χ4v) is 10.5. The van der Waals surface area contributed by atoms with E-state index in [1.54, 1.807) is 0 Å². The van der Waals surface area contributed by atoms with Crippen LogP contribution in [-0.2, 0) is 5.41 Å². The van der Waals surface area contributed by atoms with Crippen LogP contribution in [0.4, 0.5) is 17.1 Å². The maximum atomic E-state index is 2.38. The van der Waals surface area contributed by atoms with Crippen LogP contribution >= 0.6 is 11.3 Å². The Morgan fingerprint density at radius 3 is 1.56 bits per heavy atom. The van der Waals surface area contributed by atoms with Crippen LogP contribution in [0.1, 0.15) is 22.3 Å². The van der Waals surface area contributed by atoms with Crippen molar-refractivity contribution in [1.29, 1.82) is 0 Å². The summed E-state index contributed by atoms with van der Waals surface area (Å²) in [5, 5.41) is 3.78. The minimum Gasteiger partial charge on any atom is -0.310 e. The summed E-state index contributed by atoms with van der Waals surface area (Å²) in [5.74, 6) is 0. The summed E-state index contributed by atoms with van der Waals surface area (Å²) in [6.07, 6.45) is 0. The number of hydrogen-bond acceptors (Lipinski definition) is 2. The number of benzene rings is 9. The van der Waals surface area contributed by atoms with Gasteiger partial charge in [-0.2, -0.15) is 0 Å². The van der Waals surface area contributed by atoms with Gasteiger partial charge in [-0.3, -0.25) is 0 Å². The van der Waals surface area contributed by atoms with Crippen molar-refractivity contribution in [3.05, 3.63) is 247 Å². The lowest BCUT2D eigenvalue weighted by Crippen LogP contribution is -2.29. The van der Waals surface area contributed by atoms with Gasteiger partial charge in [-0.25, -0.2) is 0 Å². The molecule has 0 aliphatic heterocycles. The zero-order valence-corrected chi connectivity index (χ0v) is 32.0. The molecule has 2 heteroatoms. The maximum Gasteiger partial charge on any atom is 0.0734 e. The quantitative estimate of drug-likeness (QED) is 0.157. The number of hydrogen-bond donors (Lipinski definition) is 0. The van der Waals surface area contributed by atoms with Crippen molar-refractivity contribution >= 4 is 49.3 Å². The standard InChI is InChI=1S/C55H37NS/c1-4-15-38(16-5-1)40-27-32-45(33-28-40)56(47-36-29-39-17-10-11-18-42(39)37-47)46-34-30-41(31-35-46)48-24-14-25-50-52(48)55(43-19-6-2-7-20-43,44-21-8-3-9-22-44)53-49-23-12-13-26-51(49)57-54(50)53/h1-37H. The van der Waals surface area contributed by atoms with Gasteiger partial charge in [0.05, 0.1) is 5.41 Å². The summed E-state index contributed by atoms with van der Waals surface area (Å²) in [7, 11) is 0. The molecule has 0 saturated carbocycles. The van der Waals surface area contributed by atoms with Crippen LogP contribution in [-0.4, -0.2) is 0 Å². The minimum atomic E-state index is -0.500. The van der Waals surface area contributed by atoms with Gasteiger partial charge in [-0.1, -0.05) is 182 Å². The van der Waals surface area contributed by atoms with Gasteiger partial charge in [-0.05, 0) is 109 Å². The van der Waals surface area contributed by atoms with E-state index < -0.39 is 5.41 Å². The highest BCUT2D eigenvalue weighted by atomic mass is 32.1. The number of fused-ring (bicyclic) bond motifs is 6. The van der Waals surface area contributed by atoms with E-state index in [0.717, 1.165) is 17.1 Å². The van der Waals surface area contributed by atoms with Crippen molar-refractivity contribution in [2.24, 2.45) is 0 Å². The van der Waals surface area contributed by atoms with E-state index in [9.17, 15) is 0 Å². The fraction of sp³-hybridized carbons (Fsp3) is 0.0182. The van der Waals surface area contributed by atoms with E-state index in [4.69, 9.17) is 0 Å². The second-order valence-corrected chi connectivity index (χ2v) is 15.9. The summed E-state index contributed by atoms with van der Waals surface area (Å²) < 4.78 is 1.32. The zero-order valence-electron chi connectivity index (χ0n) is 31.2. The molecule has 1 heterocycles. The minimum absolute atomic E-state index is 0.500. The first-order chi connectivity index (χ1) is 28.3. The van der Waals surface area contributed by atoms with E-state index in [1.807, 2.05) is 11.3 Å². The Labute approximate surface area is 337 Å². The molecule has 0 radical (unpaired) electrons. The van der Waals surface area contributed by atoms with Crippen molar-refractivity contribution in [2.75, 3.05) is 4.90 Å². The van der Waals surface area contributed by atoms with Gasteiger partial charge in [0.15, 0.2) is 0 Å². The Morgan fingerprint density at radius 2 is 0.877 bits per heavy atom. The Morgan fingerprint density at radius 1 is 0.351 bits per heavy atom. The lowest BCUT2D eigenvalue weighted by Gasteiger charge is -2.35. The largest absolute Gasteiger partial charge is 0.310 e. The van der Waals surface area contributed by atoms with E-state index >= 15 is 0 Å². The number of rotatable bonds is 7. The molecule has 0 fully saturated rings. The average molecular weight is 744 g/mol. The molecule has 0 unspecified atom stereocenters. The molecule has 0 bridgehead atoms. The fourth-order valence-electron chi connectivity index (χ4n) is 9.23. The molecule has 0 amide bonds. The summed E-state index contributed by atoms with van der Waals surface area (Å²) in [6, 6.07) is 82.3. The van der Waals surface area contributed by atoms with Crippen LogP contribution in [0.15, 0.2) is 224 Å². The molecule has 0 atom stereocenters. The molecule has 10 aromatic rings. The van der Waals surface area contributed by atoms with Gasteiger partial charge in [0.1, 0.15) is 0 Å². The van der Waals surface area contributed by atoms with Crippen molar-refractivity contribution in [3.8, 4) is 32.7 Å². The highest BCUT2D eigenvalue weighted by molar-refractivity contribution is 7.22. The van der Waals surface area contributed by atoms with Crippen molar-refractivity contribution in [2.45, 2.75) is 5.41 Å². The maximum absolute atomic E-state index is 2.38. The monoisotopic (exact) mass is 743 g/mol. The molecule has 1 aliphatic rings. The van der Waals surface area contributed by atoms with Crippen LogP contribution in [0.5, 0.6) is 0 Å². The van der Waals surface area contributed by atoms with E-state index in [0.29, 0.717) is 0 Å². The normalized spacial score (nSPS) is 12.7. The first-order valence-electron chi connectivity index (χ1n) is 19.6. The molecule has 57 heavy (non-hydrogen) atoms. The Hall–Kier alpha value is -7.00. The molecule has 1 nitrogen and oxygen atoms in total. The first kappa shape index (κ1) is 33.3. The van der Waals surface area contributed by atoms with Gasteiger partial charge in [0, 0.05) is 26.6 Å². The molecular formula is C55H37NS. The third-order valence-corrected chi connectivity index (χ3v) is 12.9. The SMILES string of the molecule is c1ccc(-c2ccc(N(c3ccc(-c4cccc5c4C(c4ccccc4)(c4ccccc4)c4c-5sc5ccccc45)cc3)c3ccc4ccccc4c3)cc2)cc1. The number of nitrogens with zero attached hydrogens (tertiary/aromatic N) is 1. The summed E-state index contributed by atoms with van der Waals surface area (Å²) in [4.78, 5) is 3.74. The topological polar surface area (TPSA) is 3.24 Å². The number of anilines is 3. The van der Waals surface area contributed by atoms with Crippen LogP contribution in [0.3, 0.4) is 0 Å². The lowest BCUT2D eigenvalue weighted by atomic mass is 9.65. The van der Waals surface area contributed by atoms with Crippen molar-refractivity contribution in [3.63, 3.8) is 0 Å². The predicted molar refractivity (Wildman–Crippen MR) is 242 cm³/mol. The summed E-state index contributed by atoms with van der Waals surface area (Å²) in [6.45, 7) is 0. The van der Waals surface area contributed by atoms with E-state index in [2.05, 4.69) is 229 Å². The van der Waals surface area contributed by atoms with Crippen LogP contribution in [0.25, 0.3) is 53.6 Å².